The molecule has 0 amide bonds. The Morgan fingerprint density at radius 3 is 2.12 bits per heavy atom. The Kier molecular flexibility index (Phi) is 1.44. The summed E-state index contributed by atoms with van der Waals surface area (Å²) in [5, 5.41) is 8.44. The van der Waals surface area contributed by atoms with Gasteiger partial charge in [-0.25, -0.2) is 0 Å². The molecule has 0 N–H and O–H groups in total. The van der Waals surface area contributed by atoms with Crippen molar-refractivity contribution >= 4 is 11.6 Å². The highest BCUT2D eigenvalue weighted by Gasteiger charge is 2.30. The number of hydrogen-bond acceptors (Lipinski definition) is 1. The molecule has 0 radical (unpaired) electrons. The SMILES string of the molecule is N#CC1(Cl)CCCC1. The van der Waals surface area contributed by atoms with Crippen molar-refractivity contribution in [2.75, 3.05) is 0 Å². The van der Waals surface area contributed by atoms with Crippen LogP contribution in [0.5, 0.6) is 0 Å². The Balaban J connectivity index is 2.56. The van der Waals surface area contributed by atoms with E-state index in [-0.39, 0.29) is 0 Å². The molecule has 0 atom stereocenters. The fourth-order valence-corrected chi connectivity index (χ4v) is 1.31. The zero-order chi connectivity index (χ0) is 6.04. The van der Waals surface area contributed by atoms with Crippen LogP contribution >= 0.6 is 11.6 Å². The van der Waals surface area contributed by atoms with E-state index in [2.05, 4.69) is 6.07 Å². The summed E-state index contributed by atoms with van der Waals surface area (Å²) in [7, 11) is 0. The van der Waals surface area contributed by atoms with Crippen molar-refractivity contribution in [3.63, 3.8) is 0 Å². The van der Waals surface area contributed by atoms with Gasteiger partial charge in [0.25, 0.3) is 0 Å². The summed E-state index contributed by atoms with van der Waals surface area (Å²) in [4.78, 5) is -0.486. The highest BCUT2D eigenvalue weighted by atomic mass is 35.5. The van der Waals surface area contributed by atoms with Crippen LogP contribution in [0.1, 0.15) is 25.7 Å². The lowest BCUT2D eigenvalue weighted by molar-refractivity contribution is 0.746. The number of rotatable bonds is 0. The third kappa shape index (κ3) is 0.952. The maximum Gasteiger partial charge on any atom is 0.131 e. The van der Waals surface area contributed by atoms with Crippen LogP contribution in [0.3, 0.4) is 0 Å². The van der Waals surface area contributed by atoms with Crippen molar-refractivity contribution in [3.8, 4) is 6.07 Å². The summed E-state index contributed by atoms with van der Waals surface area (Å²) in [5.74, 6) is 0. The molecule has 0 saturated heterocycles. The topological polar surface area (TPSA) is 23.8 Å². The van der Waals surface area contributed by atoms with Gasteiger partial charge in [-0.1, -0.05) is 12.8 Å². The Hall–Kier alpha value is -0.220. The molecule has 1 rings (SSSR count). The number of hydrogen-bond donors (Lipinski definition) is 0. The second kappa shape index (κ2) is 1.95. The molecule has 1 aliphatic carbocycles. The fraction of sp³-hybridized carbons (Fsp3) is 0.833. The predicted molar refractivity (Wildman–Crippen MR) is 32.7 cm³/mol. The third-order valence-corrected chi connectivity index (χ3v) is 2.06. The Morgan fingerprint density at radius 2 is 1.88 bits per heavy atom. The summed E-state index contributed by atoms with van der Waals surface area (Å²) >= 11 is 5.79. The lowest BCUT2D eigenvalue weighted by atomic mass is 10.1. The van der Waals surface area contributed by atoms with Crippen LogP contribution in [0.4, 0.5) is 0 Å². The van der Waals surface area contributed by atoms with E-state index in [1.165, 1.54) is 0 Å². The van der Waals surface area contributed by atoms with Crippen LogP contribution in [0, 0.1) is 11.3 Å². The second-order valence-corrected chi connectivity index (χ2v) is 3.01. The van der Waals surface area contributed by atoms with E-state index in [1.54, 1.807) is 0 Å². The minimum Gasteiger partial charge on any atom is -0.196 e. The monoisotopic (exact) mass is 129 g/mol. The molecule has 0 aliphatic heterocycles. The Labute approximate surface area is 54.3 Å². The average Bonchev–Trinajstić information content (AvgIpc) is 2.17. The van der Waals surface area contributed by atoms with Gasteiger partial charge in [-0.2, -0.15) is 5.26 Å². The molecule has 1 saturated carbocycles. The number of nitrogens with zero attached hydrogens (tertiary/aromatic N) is 1. The van der Waals surface area contributed by atoms with Crippen molar-refractivity contribution < 1.29 is 0 Å². The van der Waals surface area contributed by atoms with Gasteiger partial charge in [0.1, 0.15) is 4.87 Å². The smallest absolute Gasteiger partial charge is 0.131 e. The maximum absolute atomic E-state index is 8.44. The number of nitriles is 1. The molecule has 2 heteroatoms. The first-order chi connectivity index (χ1) is 3.77. The Bertz CT molecular complexity index is 119. The lowest BCUT2D eigenvalue weighted by Crippen LogP contribution is -2.10. The van der Waals surface area contributed by atoms with Crippen LogP contribution in [0.15, 0.2) is 0 Å². The minimum atomic E-state index is -0.486. The van der Waals surface area contributed by atoms with Crippen LogP contribution in [0.25, 0.3) is 0 Å². The van der Waals surface area contributed by atoms with Crippen molar-refractivity contribution in [2.45, 2.75) is 30.6 Å². The highest BCUT2D eigenvalue weighted by molar-refractivity contribution is 6.25. The lowest BCUT2D eigenvalue weighted by Gasteiger charge is -2.06. The molecule has 44 valence electrons. The molecular weight excluding hydrogens is 122 g/mol. The zero-order valence-corrected chi connectivity index (χ0v) is 5.41. The fourth-order valence-electron chi connectivity index (χ4n) is 1.05. The van der Waals surface area contributed by atoms with Gasteiger partial charge in [-0.05, 0) is 12.8 Å². The quantitative estimate of drug-likeness (QED) is 0.460. The molecule has 0 bridgehead atoms. The van der Waals surface area contributed by atoms with E-state index in [0.717, 1.165) is 25.7 Å². The Morgan fingerprint density at radius 1 is 1.38 bits per heavy atom. The van der Waals surface area contributed by atoms with Gasteiger partial charge in [0.2, 0.25) is 0 Å². The van der Waals surface area contributed by atoms with Gasteiger partial charge in [-0.3, -0.25) is 0 Å². The van der Waals surface area contributed by atoms with E-state index < -0.39 is 4.87 Å². The van der Waals surface area contributed by atoms with Gasteiger partial charge in [0.05, 0.1) is 6.07 Å². The van der Waals surface area contributed by atoms with Crippen molar-refractivity contribution in [1.29, 1.82) is 5.26 Å². The molecule has 8 heavy (non-hydrogen) atoms. The van der Waals surface area contributed by atoms with Gasteiger partial charge in [0.15, 0.2) is 0 Å². The summed E-state index contributed by atoms with van der Waals surface area (Å²) in [6.07, 6.45) is 4.00. The summed E-state index contributed by atoms with van der Waals surface area (Å²) in [6, 6.07) is 2.11. The van der Waals surface area contributed by atoms with E-state index in [4.69, 9.17) is 16.9 Å². The molecule has 0 unspecified atom stereocenters. The maximum atomic E-state index is 8.44. The molecule has 1 nitrogen and oxygen atoms in total. The first kappa shape index (κ1) is 5.91. The summed E-state index contributed by atoms with van der Waals surface area (Å²) < 4.78 is 0. The second-order valence-electron chi connectivity index (χ2n) is 2.28. The molecule has 1 aliphatic rings. The number of halogens is 1. The van der Waals surface area contributed by atoms with Crippen molar-refractivity contribution in [1.82, 2.24) is 0 Å². The van der Waals surface area contributed by atoms with Crippen LogP contribution in [-0.4, -0.2) is 4.87 Å². The molecular formula is C6H8ClN. The highest BCUT2D eigenvalue weighted by Crippen LogP contribution is 2.34. The van der Waals surface area contributed by atoms with Crippen molar-refractivity contribution in [3.05, 3.63) is 0 Å². The van der Waals surface area contributed by atoms with Crippen LogP contribution < -0.4 is 0 Å². The molecule has 0 aromatic heterocycles. The summed E-state index contributed by atoms with van der Waals surface area (Å²) in [5.41, 5.74) is 0. The van der Waals surface area contributed by atoms with Gasteiger partial charge in [-0.15, -0.1) is 11.6 Å². The average molecular weight is 130 g/mol. The normalized spacial score (nSPS) is 25.0. The third-order valence-electron chi connectivity index (χ3n) is 1.60. The van der Waals surface area contributed by atoms with Gasteiger partial charge in [0, 0.05) is 0 Å². The first-order valence-electron chi connectivity index (χ1n) is 2.87. The van der Waals surface area contributed by atoms with Gasteiger partial charge < -0.3 is 0 Å². The molecule has 0 heterocycles. The minimum absolute atomic E-state index is 0.486. The molecule has 0 aromatic carbocycles. The number of alkyl halides is 1. The van der Waals surface area contributed by atoms with E-state index in [1.807, 2.05) is 0 Å². The van der Waals surface area contributed by atoms with Crippen LogP contribution in [0.2, 0.25) is 0 Å². The zero-order valence-electron chi connectivity index (χ0n) is 4.65. The van der Waals surface area contributed by atoms with E-state index >= 15 is 0 Å². The largest absolute Gasteiger partial charge is 0.196 e. The summed E-state index contributed by atoms with van der Waals surface area (Å²) in [6.45, 7) is 0. The standard InChI is InChI=1S/C6H8ClN/c7-6(5-8)3-1-2-4-6/h1-4H2. The molecule has 0 aromatic rings. The van der Waals surface area contributed by atoms with Crippen molar-refractivity contribution in [2.24, 2.45) is 0 Å². The van der Waals surface area contributed by atoms with Gasteiger partial charge >= 0.3 is 0 Å². The predicted octanol–water partition coefficient (Wildman–Crippen LogP) is 2.06. The molecule has 1 fully saturated rings. The van der Waals surface area contributed by atoms with E-state index in [0.29, 0.717) is 0 Å². The van der Waals surface area contributed by atoms with Crippen LogP contribution in [-0.2, 0) is 0 Å². The first-order valence-corrected chi connectivity index (χ1v) is 3.25. The van der Waals surface area contributed by atoms with E-state index in [9.17, 15) is 0 Å². The molecule has 0 spiro atoms.